The number of hydrogen-bond donors (Lipinski definition) is 0. The van der Waals surface area contributed by atoms with Gasteiger partial charge in [0.25, 0.3) is 0 Å². The fourth-order valence-electron chi connectivity index (χ4n) is 2.41. The predicted octanol–water partition coefficient (Wildman–Crippen LogP) is 0.252. The van der Waals surface area contributed by atoms with E-state index < -0.39 is 14.3 Å². The lowest BCUT2D eigenvalue weighted by atomic mass is 10.4. The van der Waals surface area contributed by atoms with Crippen LogP contribution in [-0.4, -0.2) is 62.1 Å². The van der Waals surface area contributed by atoms with Crippen molar-refractivity contribution in [3.8, 4) is 0 Å². The van der Waals surface area contributed by atoms with Gasteiger partial charge in [-0.15, -0.1) is 0 Å². The zero-order valence-corrected chi connectivity index (χ0v) is 11.2. The summed E-state index contributed by atoms with van der Waals surface area (Å²) >= 11 is 0. The lowest BCUT2D eigenvalue weighted by Crippen LogP contribution is -2.35. The standard InChI is InChI=1S/C10H17ClN2O3S/c11-17(15,16)9-7-10(14)13(8-9)6-5-12-3-1-2-4-12/h9H,1-8H2. The fraction of sp³-hybridized carbons (Fsp3) is 0.900. The maximum Gasteiger partial charge on any atom is 0.237 e. The first-order valence-corrected chi connectivity index (χ1v) is 8.27. The Morgan fingerprint density at radius 2 is 1.88 bits per heavy atom. The van der Waals surface area contributed by atoms with Crippen molar-refractivity contribution in [2.24, 2.45) is 0 Å². The molecule has 0 radical (unpaired) electrons. The van der Waals surface area contributed by atoms with Crippen LogP contribution < -0.4 is 0 Å². The number of rotatable bonds is 4. The van der Waals surface area contributed by atoms with Crippen LogP contribution in [0.2, 0.25) is 0 Å². The third-order valence-electron chi connectivity index (χ3n) is 3.46. The second-order valence-electron chi connectivity index (χ2n) is 4.69. The van der Waals surface area contributed by atoms with E-state index in [1.807, 2.05) is 0 Å². The summed E-state index contributed by atoms with van der Waals surface area (Å²) < 4.78 is 22.3. The first kappa shape index (κ1) is 13.1. The molecule has 7 heteroatoms. The zero-order chi connectivity index (χ0) is 12.5. The Bertz CT molecular complexity index is 392. The van der Waals surface area contributed by atoms with Crippen molar-refractivity contribution in [2.45, 2.75) is 24.5 Å². The number of nitrogens with zero attached hydrogens (tertiary/aromatic N) is 2. The minimum atomic E-state index is -3.61. The summed E-state index contributed by atoms with van der Waals surface area (Å²) in [6, 6.07) is 0. The number of carbonyl (C=O) groups excluding carboxylic acids is 1. The number of likely N-dealkylation sites (tertiary alicyclic amines) is 2. The van der Waals surface area contributed by atoms with E-state index in [-0.39, 0.29) is 18.9 Å². The molecule has 2 rings (SSSR count). The third kappa shape index (κ3) is 3.33. The van der Waals surface area contributed by atoms with E-state index in [2.05, 4.69) is 4.90 Å². The van der Waals surface area contributed by atoms with E-state index in [1.165, 1.54) is 12.8 Å². The molecule has 2 aliphatic heterocycles. The van der Waals surface area contributed by atoms with Crippen molar-refractivity contribution in [1.29, 1.82) is 0 Å². The lowest BCUT2D eigenvalue weighted by Gasteiger charge is -2.20. The first-order valence-electron chi connectivity index (χ1n) is 5.90. The second kappa shape index (κ2) is 5.12. The van der Waals surface area contributed by atoms with Gasteiger partial charge in [0.2, 0.25) is 15.0 Å². The third-order valence-corrected chi connectivity index (χ3v) is 5.33. The molecule has 98 valence electrons. The van der Waals surface area contributed by atoms with Gasteiger partial charge in [0.15, 0.2) is 0 Å². The van der Waals surface area contributed by atoms with Gasteiger partial charge in [0.05, 0.1) is 0 Å². The van der Waals surface area contributed by atoms with Crippen LogP contribution in [-0.2, 0) is 13.8 Å². The molecule has 2 heterocycles. The van der Waals surface area contributed by atoms with Crippen LogP contribution in [0.25, 0.3) is 0 Å². The van der Waals surface area contributed by atoms with Crippen LogP contribution in [0, 0.1) is 0 Å². The highest BCUT2D eigenvalue weighted by Gasteiger charge is 2.37. The van der Waals surface area contributed by atoms with Gasteiger partial charge in [-0.1, -0.05) is 0 Å². The zero-order valence-electron chi connectivity index (χ0n) is 9.64. The molecular weight excluding hydrogens is 264 g/mol. The Labute approximate surface area is 106 Å². The molecule has 5 nitrogen and oxygen atoms in total. The molecule has 1 unspecified atom stereocenters. The van der Waals surface area contributed by atoms with Crippen molar-refractivity contribution in [3.63, 3.8) is 0 Å². The first-order chi connectivity index (χ1) is 7.97. The number of hydrogen-bond acceptors (Lipinski definition) is 4. The van der Waals surface area contributed by atoms with Crippen molar-refractivity contribution < 1.29 is 13.2 Å². The average molecular weight is 281 g/mol. The summed E-state index contributed by atoms with van der Waals surface area (Å²) in [4.78, 5) is 15.5. The molecule has 2 aliphatic rings. The Morgan fingerprint density at radius 1 is 1.24 bits per heavy atom. The van der Waals surface area contributed by atoms with E-state index >= 15 is 0 Å². The molecule has 0 aromatic rings. The Hall–Kier alpha value is -0.330. The minimum absolute atomic E-state index is 0.0336. The highest BCUT2D eigenvalue weighted by atomic mass is 35.7. The molecule has 0 bridgehead atoms. The van der Waals surface area contributed by atoms with Crippen LogP contribution in [0.4, 0.5) is 0 Å². The largest absolute Gasteiger partial charge is 0.340 e. The van der Waals surface area contributed by atoms with Crippen LogP contribution in [0.1, 0.15) is 19.3 Å². The van der Waals surface area contributed by atoms with Crippen LogP contribution >= 0.6 is 10.7 Å². The van der Waals surface area contributed by atoms with Gasteiger partial charge < -0.3 is 9.80 Å². The van der Waals surface area contributed by atoms with E-state index in [0.717, 1.165) is 19.6 Å². The number of halogens is 1. The highest BCUT2D eigenvalue weighted by molar-refractivity contribution is 8.14. The molecule has 1 atom stereocenters. The number of amides is 1. The molecule has 2 fully saturated rings. The smallest absolute Gasteiger partial charge is 0.237 e. The topological polar surface area (TPSA) is 57.7 Å². The predicted molar refractivity (Wildman–Crippen MR) is 65.4 cm³/mol. The number of carbonyl (C=O) groups is 1. The van der Waals surface area contributed by atoms with E-state index in [9.17, 15) is 13.2 Å². The second-order valence-corrected chi connectivity index (χ2v) is 7.60. The van der Waals surface area contributed by atoms with E-state index in [4.69, 9.17) is 10.7 Å². The Morgan fingerprint density at radius 3 is 2.41 bits per heavy atom. The van der Waals surface area contributed by atoms with Gasteiger partial charge in [0.1, 0.15) is 5.25 Å². The monoisotopic (exact) mass is 280 g/mol. The van der Waals surface area contributed by atoms with Gasteiger partial charge in [-0.05, 0) is 25.9 Å². The van der Waals surface area contributed by atoms with Crippen molar-refractivity contribution >= 4 is 25.6 Å². The Kier molecular flexibility index (Phi) is 3.95. The molecular formula is C10H17ClN2O3S. The van der Waals surface area contributed by atoms with Gasteiger partial charge >= 0.3 is 0 Å². The molecule has 1 amide bonds. The quantitative estimate of drug-likeness (QED) is 0.693. The van der Waals surface area contributed by atoms with E-state index in [0.29, 0.717) is 6.54 Å². The van der Waals surface area contributed by atoms with Gasteiger partial charge in [-0.2, -0.15) is 0 Å². The van der Waals surface area contributed by atoms with E-state index in [1.54, 1.807) is 4.90 Å². The van der Waals surface area contributed by atoms with Gasteiger partial charge in [0, 0.05) is 36.7 Å². The molecule has 0 spiro atoms. The molecule has 0 aromatic heterocycles. The van der Waals surface area contributed by atoms with Crippen LogP contribution in [0.5, 0.6) is 0 Å². The van der Waals surface area contributed by atoms with Crippen LogP contribution in [0.3, 0.4) is 0 Å². The SMILES string of the molecule is O=C1CC(S(=O)(=O)Cl)CN1CCN1CCCC1. The summed E-state index contributed by atoms with van der Waals surface area (Å²) in [5.74, 6) is -0.0987. The van der Waals surface area contributed by atoms with Crippen LogP contribution in [0.15, 0.2) is 0 Å². The summed E-state index contributed by atoms with van der Waals surface area (Å²) in [6.07, 6.45) is 2.46. The molecule has 0 N–H and O–H groups in total. The van der Waals surface area contributed by atoms with Crippen molar-refractivity contribution in [3.05, 3.63) is 0 Å². The molecule has 2 saturated heterocycles. The fourth-order valence-corrected chi connectivity index (χ4v) is 3.47. The van der Waals surface area contributed by atoms with Gasteiger partial charge in [-0.3, -0.25) is 4.79 Å². The van der Waals surface area contributed by atoms with Crippen molar-refractivity contribution in [1.82, 2.24) is 9.80 Å². The Balaban J connectivity index is 1.83. The minimum Gasteiger partial charge on any atom is -0.340 e. The molecule has 0 aromatic carbocycles. The highest BCUT2D eigenvalue weighted by Crippen LogP contribution is 2.21. The summed E-state index contributed by atoms with van der Waals surface area (Å²) in [7, 11) is 1.67. The lowest BCUT2D eigenvalue weighted by molar-refractivity contribution is -0.127. The van der Waals surface area contributed by atoms with Crippen molar-refractivity contribution in [2.75, 3.05) is 32.7 Å². The molecule has 17 heavy (non-hydrogen) atoms. The normalized spacial score (nSPS) is 27.0. The molecule has 0 aliphatic carbocycles. The average Bonchev–Trinajstić information content (AvgIpc) is 2.83. The summed E-state index contributed by atoms with van der Waals surface area (Å²) in [5, 5.41) is -0.727. The summed E-state index contributed by atoms with van der Waals surface area (Å²) in [6.45, 7) is 3.86. The molecule has 0 saturated carbocycles. The summed E-state index contributed by atoms with van der Waals surface area (Å²) in [5.41, 5.74) is 0. The maximum absolute atomic E-state index is 11.6. The van der Waals surface area contributed by atoms with Gasteiger partial charge in [-0.25, -0.2) is 8.42 Å². The maximum atomic E-state index is 11.6.